The molecule has 0 spiro atoms. The van der Waals surface area contributed by atoms with E-state index in [0.29, 0.717) is 59.7 Å². The van der Waals surface area contributed by atoms with Gasteiger partial charge in [0.15, 0.2) is 15.6 Å². The van der Waals surface area contributed by atoms with Crippen LogP contribution >= 0.6 is 23.2 Å². The summed E-state index contributed by atoms with van der Waals surface area (Å²) >= 11 is 13.0. The largest absolute Gasteiger partial charge is 0.490 e. The van der Waals surface area contributed by atoms with Crippen molar-refractivity contribution >= 4 is 44.6 Å². The molecule has 3 aromatic rings. The number of nitrogens with zero attached hydrogens (tertiary/aromatic N) is 3. The molecule has 0 radical (unpaired) electrons. The quantitative estimate of drug-likeness (QED) is 0.313. The summed E-state index contributed by atoms with van der Waals surface area (Å²) in [5, 5.41) is 0.900. The highest BCUT2D eigenvalue weighted by Gasteiger charge is 2.26. The molecule has 4 rings (SSSR count). The molecule has 0 aliphatic carbocycles. The van der Waals surface area contributed by atoms with Crippen LogP contribution in [0.15, 0.2) is 65.6 Å². The zero-order chi connectivity index (χ0) is 28.2. The fraction of sp³-hybridized carbons (Fsp3) is 0.345. The van der Waals surface area contributed by atoms with Crippen molar-refractivity contribution in [1.29, 1.82) is 0 Å². The molecule has 0 aromatic heterocycles. The molecule has 1 aliphatic heterocycles. The Bertz CT molecular complexity index is 1400. The monoisotopic (exact) mass is 589 g/mol. The SMILES string of the molecule is CN(C)CCCOc1c(Cl)cc(N2CCN(C(=O)c3cc(S(C)(=O)=O)ccc3-c3ccccc3)CC2)cc1Cl. The van der Waals surface area contributed by atoms with Crippen LogP contribution in [0.2, 0.25) is 10.0 Å². The van der Waals surface area contributed by atoms with Crippen molar-refractivity contribution in [1.82, 2.24) is 9.80 Å². The molecule has 208 valence electrons. The maximum atomic E-state index is 13.7. The number of halogens is 2. The van der Waals surface area contributed by atoms with E-state index in [0.717, 1.165) is 30.5 Å². The average molecular weight is 591 g/mol. The van der Waals surface area contributed by atoms with Crippen LogP contribution < -0.4 is 9.64 Å². The highest BCUT2D eigenvalue weighted by Crippen LogP contribution is 2.38. The van der Waals surface area contributed by atoms with Crippen LogP contribution in [0.5, 0.6) is 5.75 Å². The van der Waals surface area contributed by atoms with Gasteiger partial charge >= 0.3 is 0 Å². The van der Waals surface area contributed by atoms with Crippen molar-refractivity contribution in [2.75, 3.05) is 64.6 Å². The van der Waals surface area contributed by atoms with E-state index in [-0.39, 0.29) is 10.8 Å². The lowest BCUT2D eigenvalue weighted by atomic mass is 9.98. The van der Waals surface area contributed by atoms with E-state index < -0.39 is 9.84 Å². The van der Waals surface area contributed by atoms with Crippen molar-refractivity contribution in [3.8, 4) is 16.9 Å². The first-order valence-corrected chi connectivity index (χ1v) is 15.4. The van der Waals surface area contributed by atoms with Crippen molar-refractivity contribution in [3.05, 3.63) is 76.3 Å². The van der Waals surface area contributed by atoms with E-state index in [2.05, 4.69) is 9.80 Å². The average Bonchev–Trinajstić information content (AvgIpc) is 2.91. The van der Waals surface area contributed by atoms with Crippen molar-refractivity contribution < 1.29 is 17.9 Å². The van der Waals surface area contributed by atoms with Crippen LogP contribution in [0.3, 0.4) is 0 Å². The summed E-state index contributed by atoms with van der Waals surface area (Å²) in [6.07, 6.45) is 2.00. The van der Waals surface area contributed by atoms with Crippen LogP contribution in [-0.2, 0) is 9.84 Å². The van der Waals surface area contributed by atoms with E-state index in [1.54, 1.807) is 17.0 Å². The summed E-state index contributed by atoms with van der Waals surface area (Å²) in [5.74, 6) is 0.283. The molecule has 1 fully saturated rings. The molecular weight excluding hydrogens is 557 g/mol. The first-order chi connectivity index (χ1) is 18.5. The molecule has 39 heavy (non-hydrogen) atoms. The van der Waals surface area contributed by atoms with Gasteiger partial charge in [-0.1, -0.05) is 59.6 Å². The van der Waals surface area contributed by atoms with Crippen molar-refractivity contribution in [2.24, 2.45) is 0 Å². The lowest BCUT2D eigenvalue weighted by Gasteiger charge is -2.36. The lowest BCUT2D eigenvalue weighted by Crippen LogP contribution is -2.49. The summed E-state index contributed by atoms with van der Waals surface area (Å²) in [6.45, 7) is 3.51. The third kappa shape index (κ3) is 7.25. The molecule has 0 unspecified atom stereocenters. The zero-order valence-corrected chi connectivity index (χ0v) is 24.7. The number of hydrogen-bond acceptors (Lipinski definition) is 6. The van der Waals surface area contributed by atoms with Crippen LogP contribution in [0.4, 0.5) is 5.69 Å². The molecular formula is C29H33Cl2N3O4S. The molecule has 0 bridgehead atoms. The summed E-state index contributed by atoms with van der Waals surface area (Å²) in [6, 6.07) is 17.9. The number of rotatable bonds is 9. The van der Waals surface area contributed by atoms with Gasteiger partial charge in [-0.15, -0.1) is 0 Å². The molecule has 3 aromatic carbocycles. The fourth-order valence-corrected chi connectivity index (χ4v) is 5.79. The minimum atomic E-state index is -3.47. The van der Waals surface area contributed by atoms with Gasteiger partial charge in [-0.2, -0.15) is 0 Å². The van der Waals surface area contributed by atoms with Gasteiger partial charge in [-0.25, -0.2) is 8.42 Å². The Morgan fingerprint density at radius 2 is 1.59 bits per heavy atom. The lowest BCUT2D eigenvalue weighted by molar-refractivity contribution is 0.0747. The minimum Gasteiger partial charge on any atom is -0.490 e. The summed E-state index contributed by atoms with van der Waals surface area (Å²) in [5.41, 5.74) is 2.80. The molecule has 7 nitrogen and oxygen atoms in total. The normalized spacial score (nSPS) is 14.1. The highest BCUT2D eigenvalue weighted by atomic mass is 35.5. The van der Waals surface area contributed by atoms with Gasteiger partial charge in [-0.3, -0.25) is 4.79 Å². The molecule has 1 heterocycles. The third-order valence-electron chi connectivity index (χ3n) is 6.65. The number of benzene rings is 3. The predicted octanol–water partition coefficient (Wildman–Crippen LogP) is 5.36. The summed E-state index contributed by atoms with van der Waals surface area (Å²) in [7, 11) is 0.549. The number of hydrogen-bond donors (Lipinski definition) is 0. The zero-order valence-electron chi connectivity index (χ0n) is 22.4. The number of sulfone groups is 1. The fourth-order valence-electron chi connectivity index (χ4n) is 4.56. The van der Waals surface area contributed by atoms with Crippen LogP contribution in [0.25, 0.3) is 11.1 Å². The van der Waals surface area contributed by atoms with Gasteiger partial charge < -0.3 is 19.4 Å². The molecule has 0 N–H and O–H groups in total. The smallest absolute Gasteiger partial charge is 0.254 e. The molecule has 1 saturated heterocycles. The van der Waals surface area contributed by atoms with E-state index in [4.69, 9.17) is 27.9 Å². The van der Waals surface area contributed by atoms with Crippen LogP contribution in [0, 0.1) is 0 Å². The maximum Gasteiger partial charge on any atom is 0.254 e. The van der Waals surface area contributed by atoms with Crippen molar-refractivity contribution in [2.45, 2.75) is 11.3 Å². The number of anilines is 1. The molecule has 1 aliphatic rings. The topological polar surface area (TPSA) is 70.2 Å². The third-order valence-corrected chi connectivity index (χ3v) is 8.32. The highest BCUT2D eigenvalue weighted by molar-refractivity contribution is 7.90. The number of amides is 1. The Morgan fingerprint density at radius 3 is 2.18 bits per heavy atom. The Kier molecular flexibility index (Phi) is 9.43. The van der Waals surface area contributed by atoms with Crippen LogP contribution in [0.1, 0.15) is 16.8 Å². The minimum absolute atomic E-state index is 0.123. The van der Waals surface area contributed by atoms with Gasteiger partial charge in [0.25, 0.3) is 5.91 Å². The summed E-state index contributed by atoms with van der Waals surface area (Å²) < 4.78 is 30.3. The number of piperazine rings is 1. The Labute approximate surface area is 240 Å². The second kappa shape index (κ2) is 12.6. The molecule has 10 heteroatoms. The first-order valence-electron chi connectivity index (χ1n) is 12.7. The molecule has 1 amide bonds. The van der Waals surface area contributed by atoms with Gasteiger partial charge in [0.1, 0.15) is 0 Å². The standard InChI is InChI=1S/C29H33Cl2N3O4S/c1-32(2)12-7-17-38-28-26(30)18-22(19-27(28)31)33-13-15-34(16-14-33)29(35)25-20-23(39(3,36)37)10-11-24(25)21-8-5-4-6-9-21/h4-6,8-11,18-20H,7,12-17H2,1-3H3. The maximum absolute atomic E-state index is 13.7. The number of carbonyl (C=O) groups excluding carboxylic acids is 1. The summed E-state index contributed by atoms with van der Waals surface area (Å²) in [4.78, 5) is 19.8. The molecule has 0 saturated carbocycles. The number of carbonyl (C=O) groups is 1. The van der Waals surface area contributed by atoms with E-state index in [1.807, 2.05) is 56.6 Å². The van der Waals surface area contributed by atoms with E-state index in [1.165, 1.54) is 6.07 Å². The Balaban J connectivity index is 1.48. The molecule has 0 atom stereocenters. The second-order valence-electron chi connectivity index (χ2n) is 9.87. The Hall–Kier alpha value is -2.78. The Morgan fingerprint density at radius 1 is 0.949 bits per heavy atom. The van der Waals surface area contributed by atoms with E-state index in [9.17, 15) is 13.2 Å². The second-order valence-corrected chi connectivity index (χ2v) is 12.7. The van der Waals surface area contributed by atoms with Gasteiger partial charge in [0.2, 0.25) is 0 Å². The van der Waals surface area contributed by atoms with Gasteiger partial charge in [0, 0.05) is 50.2 Å². The number of ether oxygens (including phenoxy) is 1. The van der Waals surface area contributed by atoms with E-state index >= 15 is 0 Å². The van der Waals surface area contributed by atoms with Crippen molar-refractivity contribution in [3.63, 3.8) is 0 Å². The first kappa shape index (κ1) is 29.2. The predicted molar refractivity (Wildman–Crippen MR) is 158 cm³/mol. The van der Waals surface area contributed by atoms with Crippen LogP contribution in [-0.4, -0.2) is 83.8 Å². The van der Waals surface area contributed by atoms with Gasteiger partial charge in [0.05, 0.1) is 21.5 Å². The van der Waals surface area contributed by atoms with Gasteiger partial charge in [-0.05, 0) is 55.9 Å².